The summed E-state index contributed by atoms with van der Waals surface area (Å²) in [5, 5.41) is 0. The molecule has 0 aromatic heterocycles. The van der Waals surface area contributed by atoms with Crippen LogP contribution in [0.5, 0.6) is 0 Å². The van der Waals surface area contributed by atoms with Crippen LogP contribution >= 0.6 is 8.25 Å². The van der Waals surface area contributed by atoms with E-state index in [1.807, 2.05) is 0 Å². The fraction of sp³-hybridized carbons (Fsp3) is 0. The molecule has 0 aliphatic heterocycles. The van der Waals surface area contributed by atoms with Gasteiger partial charge in [0.1, 0.15) is 0 Å². The Labute approximate surface area is 42.2 Å². The van der Waals surface area contributed by atoms with Gasteiger partial charge in [0.05, 0.1) is 0 Å². The van der Waals surface area contributed by atoms with Crippen molar-refractivity contribution in [2.45, 2.75) is 0 Å². The highest BCUT2D eigenvalue weighted by Crippen LogP contribution is 1.98. The van der Waals surface area contributed by atoms with Crippen LogP contribution < -0.4 is 5.73 Å². The highest BCUT2D eigenvalue weighted by atomic mass is 31.1. The van der Waals surface area contributed by atoms with Gasteiger partial charge >= 0.3 is 8.25 Å². The lowest BCUT2D eigenvalue weighted by molar-refractivity contribution is 0.405. The Morgan fingerprint density at radius 1 is 1.71 bits per heavy atom. The van der Waals surface area contributed by atoms with Gasteiger partial charge < -0.3 is 15.5 Å². The van der Waals surface area contributed by atoms with Gasteiger partial charge in [-0.1, -0.05) is 6.58 Å². The zero-order valence-electron chi connectivity index (χ0n) is 3.66. The zero-order chi connectivity index (χ0) is 6.28. The Hall–Kier alpha value is -0.310. The molecule has 0 unspecified atom stereocenters. The summed E-state index contributed by atoms with van der Waals surface area (Å²) >= 11 is 0. The number of hydrogen-bond acceptors (Lipinski definition) is 2. The predicted molar refractivity (Wildman–Crippen MR) is 27.8 cm³/mol. The zero-order valence-corrected chi connectivity index (χ0v) is 4.66. The third-order valence-corrected chi connectivity index (χ3v) is 0. The molecular formula is C2H8NO3P. The predicted octanol–water partition coefficient (Wildman–Crippen LogP) is -0.551. The van der Waals surface area contributed by atoms with Gasteiger partial charge in [0.25, 0.3) is 0 Å². The van der Waals surface area contributed by atoms with Crippen molar-refractivity contribution < 1.29 is 14.4 Å². The standard InChI is InChI=1S/C2H5N.H3O3P/c1-2-3;1-4(2)3/h2H,1,3H2;4H,(H2,1,2,3). The first kappa shape index (κ1) is 9.85. The van der Waals surface area contributed by atoms with Gasteiger partial charge in [-0.2, -0.15) is 0 Å². The Kier molecular flexibility index (Phi) is 12.9. The molecule has 0 amide bonds. The van der Waals surface area contributed by atoms with E-state index in [1.54, 1.807) is 0 Å². The molecule has 0 saturated heterocycles. The molecule has 0 aromatic rings. The molecule has 0 aliphatic carbocycles. The Bertz CT molecular complexity index is 60.0. The van der Waals surface area contributed by atoms with Crippen LogP contribution in [0.4, 0.5) is 0 Å². The van der Waals surface area contributed by atoms with Gasteiger partial charge in [-0.05, 0) is 6.20 Å². The Morgan fingerprint density at radius 2 is 1.71 bits per heavy atom. The first-order valence-corrected chi connectivity index (χ1v) is 2.70. The first-order valence-electron chi connectivity index (χ1n) is 1.39. The highest BCUT2D eigenvalue weighted by molar-refractivity contribution is 7.30. The van der Waals surface area contributed by atoms with Crippen molar-refractivity contribution in [2.24, 2.45) is 5.73 Å². The van der Waals surface area contributed by atoms with Gasteiger partial charge in [0.2, 0.25) is 0 Å². The normalized spacial score (nSPS) is 6.71. The Morgan fingerprint density at radius 3 is 1.71 bits per heavy atom. The largest absolute Gasteiger partial charge is 0.405 e. The monoisotopic (exact) mass is 125 g/mol. The van der Waals surface area contributed by atoms with Gasteiger partial charge in [0, 0.05) is 0 Å². The minimum Gasteiger partial charge on any atom is -0.405 e. The number of nitrogens with two attached hydrogens (primary N) is 1. The van der Waals surface area contributed by atoms with E-state index < -0.39 is 8.25 Å². The Balaban J connectivity index is 0. The van der Waals surface area contributed by atoms with Crippen LogP contribution in [0, 0.1) is 0 Å². The molecule has 4 nitrogen and oxygen atoms in total. The van der Waals surface area contributed by atoms with Crippen LogP contribution in [0.15, 0.2) is 12.8 Å². The van der Waals surface area contributed by atoms with Gasteiger partial charge in [0.15, 0.2) is 0 Å². The van der Waals surface area contributed by atoms with E-state index in [0.717, 1.165) is 0 Å². The maximum absolute atomic E-state index is 8.74. The number of rotatable bonds is 0. The molecule has 0 rings (SSSR count). The lowest BCUT2D eigenvalue weighted by atomic mass is 11.1. The van der Waals surface area contributed by atoms with Crippen LogP contribution in [0.2, 0.25) is 0 Å². The van der Waals surface area contributed by atoms with Crippen LogP contribution in [-0.2, 0) is 4.57 Å². The summed E-state index contributed by atoms with van der Waals surface area (Å²) in [4.78, 5) is 14.3. The quantitative estimate of drug-likeness (QED) is 0.379. The van der Waals surface area contributed by atoms with E-state index in [2.05, 4.69) is 12.3 Å². The van der Waals surface area contributed by atoms with E-state index in [4.69, 9.17) is 14.4 Å². The van der Waals surface area contributed by atoms with Crippen LogP contribution in [0.3, 0.4) is 0 Å². The molecule has 0 radical (unpaired) electrons. The van der Waals surface area contributed by atoms with Crippen molar-refractivity contribution in [2.75, 3.05) is 0 Å². The van der Waals surface area contributed by atoms with Crippen molar-refractivity contribution in [1.82, 2.24) is 0 Å². The maximum atomic E-state index is 8.74. The van der Waals surface area contributed by atoms with E-state index in [1.165, 1.54) is 6.20 Å². The molecule has 44 valence electrons. The third-order valence-electron chi connectivity index (χ3n) is 0. The van der Waals surface area contributed by atoms with E-state index >= 15 is 0 Å². The second-order valence-corrected chi connectivity index (χ2v) is 1.08. The second kappa shape index (κ2) is 9.19. The minimum atomic E-state index is -3.13. The van der Waals surface area contributed by atoms with Crippen molar-refractivity contribution >= 4 is 8.25 Å². The average molecular weight is 125 g/mol. The van der Waals surface area contributed by atoms with Crippen LogP contribution in [0.1, 0.15) is 0 Å². The SMILES string of the molecule is C=CN.O=[PH](O)O. The molecule has 0 aromatic carbocycles. The van der Waals surface area contributed by atoms with E-state index in [9.17, 15) is 0 Å². The van der Waals surface area contributed by atoms with Crippen LogP contribution in [-0.4, -0.2) is 9.79 Å². The van der Waals surface area contributed by atoms with Gasteiger partial charge in [-0.15, -0.1) is 0 Å². The summed E-state index contributed by atoms with van der Waals surface area (Å²) in [6, 6.07) is 0. The lowest BCUT2D eigenvalue weighted by Crippen LogP contribution is -1.67. The average Bonchev–Trinajstić information content (AvgIpc) is 1.33. The van der Waals surface area contributed by atoms with Crippen molar-refractivity contribution in [3.05, 3.63) is 12.8 Å². The van der Waals surface area contributed by atoms with Crippen molar-refractivity contribution in [3.63, 3.8) is 0 Å². The summed E-state index contributed by atoms with van der Waals surface area (Å²) in [6.07, 6.45) is 1.25. The van der Waals surface area contributed by atoms with Crippen molar-refractivity contribution in [1.29, 1.82) is 0 Å². The van der Waals surface area contributed by atoms with E-state index in [0.29, 0.717) is 0 Å². The molecule has 0 spiro atoms. The molecule has 5 heteroatoms. The topological polar surface area (TPSA) is 83.6 Å². The maximum Gasteiger partial charge on any atom is 0.314 e. The number of hydrogen-bond donors (Lipinski definition) is 3. The minimum absolute atomic E-state index is 1.25. The summed E-state index contributed by atoms with van der Waals surface area (Å²) in [5.41, 5.74) is 4.61. The molecule has 0 heterocycles. The molecule has 0 atom stereocenters. The molecule has 0 fully saturated rings. The molecule has 0 bridgehead atoms. The van der Waals surface area contributed by atoms with Crippen molar-refractivity contribution in [3.8, 4) is 0 Å². The highest BCUT2D eigenvalue weighted by Gasteiger charge is 1.61. The van der Waals surface area contributed by atoms with Gasteiger partial charge in [-0.25, -0.2) is 0 Å². The van der Waals surface area contributed by atoms with E-state index in [-0.39, 0.29) is 0 Å². The third kappa shape index (κ3) is 806. The summed E-state index contributed by atoms with van der Waals surface area (Å²) in [7, 11) is -3.13. The first-order chi connectivity index (χ1) is 3.15. The summed E-state index contributed by atoms with van der Waals surface area (Å²) in [6.45, 7) is 3.14. The summed E-state index contributed by atoms with van der Waals surface area (Å²) < 4.78 is 8.74. The molecule has 0 saturated carbocycles. The molecule has 4 N–H and O–H groups in total. The fourth-order valence-corrected chi connectivity index (χ4v) is 0. The lowest BCUT2D eigenvalue weighted by Gasteiger charge is -1.61. The molecule has 0 aliphatic rings. The second-order valence-electron chi connectivity index (χ2n) is 0.518. The fourth-order valence-electron chi connectivity index (χ4n) is 0. The van der Waals surface area contributed by atoms with Crippen LogP contribution in [0.25, 0.3) is 0 Å². The smallest absolute Gasteiger partial charge is 0.314 e. The molecular weight excluding hydrogens is 117 g/mol. The summed E-state index contributed by atoms with van der Waals surface area (Å²) in [5.74, 6) is 0. The molecule has 7 heavy (non-hydrogen) atoms. The van der Waals surface area contributed by atoms with Gasteiger partial charge in [-0.3, -0.25) is 4.57 Å².